The van der Waals surface area contributed by atoms with E-state index in [1.165, 1.54) is 31.4 Å². The van der Waals surface area contributed by atoms with Crippen LogP contribution in [0.5, 0.6) is 5.75 Å². The molecule has 0 atom stereocenters. The molecule has 0 aliphatic rings. The lowest BCUT2D eigenvalue weighted by Crippen LogP contribution is -2.17. The molecule has 0 fully saturated rings. The molecular formula is C18H14F3NO4. The number of hydrogen-bond donors (Lipinski definition) is 1. The van der Waals surface area contributed by atoms with Crippen LogP contribution in [0.4, 0.5) is 18.9 Å². The molecule has 2 aromatic carbocycles. The molecule has 8 heteroatoms. The lowest BCUT2D eigenvalue weighted by Gasteiger charge is -2.09. The second-order valence-corrected chi connectivity index (χ2v) is 5.01. The Morgan fingerprint density at radius 1 is 1.00 bits per heavy atom. The van der Waals surface area contributed by atoms with Crippen LogP contribution in [0.15, 0.2) is 54.6 Å². The van der Waals surface area contributed by atoms with E-state index in [0.29, 0.717) is 16.8 Å². The average Bonchev–Trinajstić information content (AvgIpc) is 2.60. The van der Waals surface area contributed by atoms with Crippen LogP contribution in [0.25, 0.3) is 6.08 Å². The van der Waals surface area contributed by atoms with E-state index in [1.807, 2.05) is 0 Å². The highest BCUT2D eigenvalue weighted by molar-refractivity contribution is 6.02. The van der Waals surface area contributed by atoms with Crippen molar-refractivity contribution >= 4 is 23.6 Å². The number of benzene rings is 2. The first kappa shape index (κ1) is 19.0. The predicted molar refractivity (Wildman–Crippen MR) is 88.6 cm³/mol. The van der Waals surface area contributed by atoms with Gasteiger partial charge in [0.2, 0.25) is 5.91 Å². The zero-order valence-corrected chi connectivity index (χ0v) is 13.5. The van der Waals surface area contributed by atoms with E-state index < -0.39 is 18.2 Å². The molecular weight excluding hydrogens is 351 g/mol. The molecule has 0 bridgehead atoms. The topological polar surface area (TPSA) is 64.6 Å². The number of ether oxygens (including phenoxy) is 2. The monoisotopic (exact) mass is 365 g/mol. The summed E-state index contributed by atoms with van der Waals surface area (Å²) < 4.78 is 44.6. The third kappa shape index (κ3) is 5.97. The molecule has 0 radical (unpaired) electrons. The van der Waals surface area contributed by atoms with Crippen LogP contribution >= 0.6 is 0 Å². The summed E-state index contributed by atoms with van der Waals surface area (Å²) in [7, 11) is 1.28. The summed E-state index contributed by atoms with van der Waals surface area (Å²) in [5.74, 6) is -1.31. The minimum atomic E-state index is -4.77. The number of hydrogen-bond acceptors (Lipinski definition) is 4. The number of carbonyl (C=O) groups is 2. The molecule has 0 saturated heterocycles. The van der Waals surface area contributed by atoms with Gasteiger partial charge in [0.1, 0.15) is 5.75 Å². The van der Waals surface area contributed by atoms with Gasteiger partial charge in [-0.2, -0.15) is 0 Å². The van der Waals surface area contributed by atoms with Crippen molar-refractivity contribution in [1.29, 1.82) is 0 Å². The van der Waals surface area contributed by atoms with E-state index in [1.54, 1.807) is 24.3 Å². The second kappa shape index (κ2) is 8.19. The number of anilines is 1. The highest BCUT2D eigenvalue weighted by Gasteiger charge is 2.30. The van der Waals surface area contributed by atoms with Crippen molar-refractivity contribution < 1.29 is 32.2 Å². The molecule has 0 saturated carbocycles. The molecule has 5 nitrogen and oxygen atoms in total. The van der Waals surface area contributed by atoms with Crippen LogP contribution in [0.3, 0.4) is 0 Å². The molecule has 1 N–H and O–H groups in total. The summed E-state index contributed by atoms with van der Waals surface area (Å²) in [5.41, 5.74) is 1.38. The normalized spacial score (nSPS) is 11.2. The van der Waals surface area contributed by atoms with Crippen LogP contribution in [-0.4, -0.2) is 25.3 Å². The molecule has 0 aromatic heterocycles. The number of alkyl halides is 3. The van der Waals surface area contributed by atoms with Crippen molar-refractivity contribution in [3.63, 3.8) is 0 Å². The highest BCUT2D eigenvalue weighted by Crippen LogP contribution is 2.23. The Labute approximate surface area is 147 Å². The lowest BCUT2D eigenvalue weighted by molar-refractivity contribution is -0.274. The van der Waals surface area contributed by atoms with Crippen molar-refractivity contribution in [3.05, 3.63) is 65.7 Å². The summed E-state index contributed by atoms with van der Waals surface area (Å²) in [6.45, 7) is 0. The van der Waals surface area contributed by atoms with E-state index in [9.17, 15) is 22.8 Å². The van der Waals surface area contributed by atoms with E-state index in [2.05, 4.69) is 14.8 Å². The molecule has 2 rings (SSSR count). The number of methoxy groups -OCH3 is 1. The van der Waals surface area contributed by atoms with Crippen molar-refractivity contribution in [2.75, 3.05) is 12.4 Å². The zero-order chi connectivity index (χ0) is 19.2. The van der Waals surface area contributed by atoms with Crippen LogP contribution in [0.2, 0.25) is 0 Å². The number of esters is 1. The van der Waals surface area contributed by atoms with Gasteiger partial charge in [-0.3, -0.25) is 4.79 Å². The zero-order valence-electron chi connectivity index (χ0n) is 13.5. The summed E-state index contributed by atoms with van der Waals surface area (Å²) in [6, 6.07) is 11.2. The quantitative estimate of drug-likeness (QED) is 0.642. The Balaban J connectivity index is 1.93. The molecule has 26 heavy (non-hydrogen) atoms. The summed E-state index contributed by atoms with van der Waals surface area (Å²) in [6.07, 6.45) is -1.98. The highest BCUT2D eigenvalue weighted by atomic mass is 19.4. The largest absolute Gasteiger partial charge is 0.573 e. The standard InChI is InChI=1S/C18H14F3NO4/c1-25-17(24)13-5-2-12(3-6-13)4-11-16(23)22-14-7-9-15(10-8-14)26-18(19,20)21/h2-11H,1H3,(H,22,23)/b11-4+. The maximum atomic E-state index is 12.1. The van der Waals surface area contributed by atoms with Crippen molar-refractivity contribution in [1.82, 2.24) is 0 Å². The van der Waals surface area contributed by atoms with Gasteiger partial charge in [0.05, 0.1) is 12.7 Å². The van der Waals surface area contributed by atoms with E-state index in [0.717, 1.165) is 12.1 Å². The maximum Gasteiger partial charge on any atom is 0.573 e. The Morgan fingerprint density at radius 3 is 2.15 bits per heavy atom. The van der Waals surface area contributed by atoms with Gasteiger partial charge >= 0.3 is 12.3 Å². The molecule has 0 aliphatic heterocycles. The van der Waals surface area contributed by atoms with Crippen LogP contribution in [-0.2, 0) is 9.53 Å². The van der Waals surface area contributed by atoms with Crippen LogP contribution in [0.1, 0.15) is 15.9 Å². The number of carbonyl (C=O) groups excluding carboxylic acids is 2. The van der Waals surface area contributed by atoms with Gasteiger partial charge in [0.15, 0.2) is 0 Å². The fraction of sp³-hybridized carbons (Fsp3) is 0.111. The molecule has 0 spiro atoms. The van der Waals surface area contributed by atoms with E-state index in [4.69, 9.17) is 0 Å². The fourth-order valence-corrected chi connectivity index (χ4v) is 1.94. The number of halogens is 3. The van der Waals surface area contributed by atoms with Gasteiger partial charge in [-0.25, -0.2) is 4.79 Å². The van der Waals surface area contributed by atoms with Gasteiger partial charge in [-0.15, -0.1) is 13.2 Å². The first-order valence-corrected chi connectivity index (χ1v) is 7.30. The van der Waals surface area contributed by atoms with Crippen molar-refractivity contribution in [2.24, 2.45) is 0 Å². The minimum Gasteiger partial charge on any atom is -0.465 e. The van der Waals surface area contributed by atoms with Crippen molar-refractivity contribution in [3.8, 4) is 5.75 Å². The van der Waals surface area contributed by atoms with E-state index >= 15 is 0 Å². The Bertz CT molecular complexity index is 797. The van der Waals surface area contributed by atoms with Gasteiger partial charge < -0.3 is 14.8 Å². The molecule has 136 valence electrons. The Hall–Kier alpha value is -3.29. The molecule has 0 unspecified atom stereocenters. The molecule has 0 aliphatic carbocycles. The Kier molecular flexibility index (Phi) is 6.00. The smallest absolute Gasteiger partial charge is 0.465 e. The lowest BCUT2D eigenvalue weighted by atomic mass is 10.1. The van der Waals surface area contributed by atoms with Gasteiger partial charge in [-0.05, 0) is 48.0 Å². The molecule has 1 amide bonds. The molecule has 2 aromatic rings. The number of rotatable bonds is 5. The third-order valence-electron chi connectivity index (χ3n) is 3.11. The summed E-state index contributed by atoms with van der Waals surface area (Å²) in [4.78, 5) is 23.2. The summed E-state index contributed by atoms with van der Waals surface area (Å²) >= 11 is 0. The Morgan fingerprint density at radius 2 is 1.62 bits per heavy atom. The van der Waals surface area contributed by atoms with Crippen LogP contribution in [0, 0.1) is 0 Å². The van der Waals surface area contributed by atoms with Gasteiger partial charge in [-0.1, -0.05) is 12.1 Å². The SMILES string of the molecule is COC(=O)c1ccc(/C=C/C(=O)Nc2ccc(OC(F)(F)F)cc2)cc1. The average molecular weight is 365 g/mol. The first-order valence-electron chi connectivity index (χ1n) is 7.30. The second-order valence-electron chi connectivity index (χ2n) is 5.01. The van der Waals surface area contributed by atoms with Gasteiger partial charge in [0.25, 0.3) is 0 Å². The third-order valence-corrected chi connectivity index (χ3v) is 3.11. The van der Waals surface area contributed by atoms with Gasteiger partial charge in [0, 0.05) is 11.8 Å². The predicted octanol–water partition coefficient (Wildman–Crippen LogP) is 4.02. The number of amides is 1. The summed E-state index contributed by atoms with van der Waals surface area (Å²) in [5, 5.41) is 2.50. The fourth-order valence-electron chi connectivity index (χ4n) is 1.94. The first-order chi connectivity index (χ1) is 12.3. The number of nitrogens with one attached hydrogen (secondary N) is 1. The molecule has 0 heterocycles. The van der Waals surface area contributed by atoms with Crippen LogP contribution < -0.4 is 10.1 Å². The van der Waals surface area contributed by atoms with E-state index in [-0.39, 0.29) is 5.75 Å². The minimum absolute atomic E-state index is 0.315. The van der Waals surface area contributed by atoms with Crippen molar-refractivity contribution in [2.45, 2.75) is 6.36 Å². The maximum absolute atomic E-state index is 12.1.